The highest BCUT2D eigenvalue weighted by Crippen LogP contribution is 2.24. The van der Waals surface area contributed by atoms with E-state index in [9.17, 15) is 10.0 Å². The van der Waals surface area contributed by atoms with E-state index in [2.05, 4.69) is 10.3 Å². The lowest BCUT2D eigenvalue weighted by atomic mass is 10.3. The number of rotatable bonds is 2. The van der Waals surface area contributed by atoms with Gasteiger partial charge in [0.1, 0.15) is 5.15 Å². The van der Waals surface area contributed by atoms with Gasteiger partial charge in [0.25, 0.3) is 0 Å². The number of hydrogen-bond acceptors (Lipinski definition) is 3. The van der Waals surface area contributed by atoms with E-state index in [4.69, 9.17) is 11.6 Å². The van der Waals surface area contributed by atoms with Crippen LogP contribution >= 0.6 is 23.4 Å². The number of thioether (sulfide) groups is 1. The molecule has 0 aliphatic rings. The maximum atomic E-state index is 11.8. The molecule has 0 aliphatic heterocycles. The van der Waals surface area contributed by atoms with Gasteiger partial charge in [-0.2, -0.15) is 9.72 Å². The van der Waals surface area contributed by atoms with Gasteiger partial charge in [-0.05, 0) is 24.5 Å². The molecule has 2 rings (SSSR count). The van der Waals surface area contributed by atoms with Crippen molar-refractivity contribution in [1.29, 1.82) is 0 Å². The van der Waals surface area contributed by atoms with Crippen LogP contribution in [0.15, 0.2) is 52.5 Å². The molecule has 0 saturated heterocycles. The Labute approximate surface area is 124 Å². The molecule has 0 radical (unpaired) electrons. The molecule has 0 fully saturated rings. The number of pyridine rings is 1. The Balaban J connectivity index is 2.22. The Bertz CT molecular complexity index is 700. The summed E-state index contributed by atoms with van der Waals surface area (Å²) in [5.41, 5.74) is 0.702. The Hall–Kier alpha value is -1.92. The summed E-state index contributed by atoms with van der Waals surface area (Å²) in [5.74, 6) is 0. The van der Waals surface area contributed by atoms with Crippen LogP contribution in [-0.2, 0) is 0 Å². The summed E-state index contributed by atoms with van der Waals surface area (Å²) in [6.07, 6.45) is 3.24. The van der Waals surface area contributed by atoms with Crippen molar-refractivity contribution in [2.24, 2.45) is 4.99 Å². The maximum Gasteiger partial charge on any atom is 0.345 e. The van der Waals surface area contributed by atoms with Crippen molar-refractivity contribution in [2.45, 2.75) is 4.90 Å². The zero-order chi connectivity index (χ0) is 14.5. The predicted octanol–water partition coefficient (Wildman–Crippen LogP) is 3.23. The third-order valence-electron chi connectivity index (χ3n) is 2.45. The highest BCUT2D eigenvalue weighted by molar-refractivity contribution is 7.98. The van der Waals surface area contributed by atoms with Gasteiger partial charge in [-0.3, -0.25) is 0 Å². The summed E-state index contributed by atoms with van der Waals surface area (Å²) < 4.78 is 0.738. The van der Waals surface area contributed by atoms with E-state index in [1.54, 1.807) is 6.07 Å². The van der Waals surface area contributed by atoms with Gasteiger partial charge in [-0.15, -0.1) is 11.8 Å². The van der Waals surface area contributed by atoms with Gasteiger partial charge in [-0.25, -0.2) is 4.79 Å². The lowest BCUT2D eigenvalue weighted by molar-refractivity contribution is 0.185. The van der Waals surface area contributed by atoms with Crippen molar-refractivity contribution in [2.75, 3.05) is 11.6 Å². The van der Waals surface area contributed by atoms with Gasteiger partial charge in [-0.1, -0.05) is 23.7 Å². The molecule has 1 aromatic carbocycles. The predicted molar refractivity (Wildman–Crippen MR) is 79.4 cm³/mol. The fourth-order valence-electron chi connectivity index (χ4n) is 1.53. The van der Waals surface area contributed by atoms with E-state index < -0.39 is 6.03 Å². The van der Waals surface area contributed by atoms with Crippen molar-refractivity contribution in [3.63, 3.8) is 0 Å². The number of nitrogens with one attached hydrogen (secondary N) is 1. The van der Waals surface area contributed by atoms with E-state index >= 15 is 0 Å². The molecule has 7 heteroatoms. The number of hydrogen-bond donors (Lipinski definition) is 2. The number of aromatic nitrogens is 1. The fraction of sp³-hybridized carbons (Fsp3) is 0.0769. The quantitative estimate of drug-likeness (QED) is 0.508. The standard InChI is InChI=1S/C13H12ClN3O2S/c1-20-11-5-3-2-4-10(11)16-13(18)15-9-6-7-17(19)12(14)8-9/h2-8,19H,1H3,(H,16,18)/b15-9+. The Morgan fingerprint density at radius 1 is 1.40 bits per heavy atom. The second-order valence-corrected chi connectivity index (χ2v) is 5.03. The summed E-state index contributed by atoms with van der Waals surface area (Å²) in [6, 6.07) is 9.82. The van der Waals surface area contributed by atoms with Crippen LogP contribution in [0.4, 0.5) is 10.5 Å². The van der Waals surface area contributed by atoms with Crippen LogP contribution in [0, 0.1) is 0 Å². The van der Waals surface area contributed by atoms with Crippen molar-refractivity contribution >= 4 is 35.1 Å². The molecule has 2 amide bonds. The van der Waals surface area contributed by atoms with Gasteiger partial charge >= 0.3 is 6.03 Å². The smallest absolute Gasteiger partial charge is 0.345 e. The van der Waals surface area contributed by atoms with Crippen LogP contribution in [0.3, 0.4) is 0 Å². The second-order valence-electron chi connectivity index (χ2n) is 3.79. The first kappa shape index (κ1) is 14.5. The fourth-order valence-corrected chi connectivity index (χ4v) is 2.25. The summed E-state index contributed by atoms with van der Waals surface area (Å²) in [7, 11) is 0. The number of anilines is 1. The molecular weight excluding hydrogens is 298 g/mol. The van der Waals surface area contributed by atoms with Gasteiger partial charge in [0.15, 0.2) is 0 Å². The number of urea groups is 1. The van der Waals surface area contributed by atoms with E-state index in [-0.39, 0.29) is 5.15 Å². The SMILES string of the molecule is CSc1ccccc1NC(=O)/N=c1\ccn(O)c(Cl)c1. The average Bonchev–Trinajstić information content (AvgIpc) is 2.43. The number of para-hydroxylation sites is 1. The maximum absolute atomic E-state index is 11.8. The molecular formula is C13H12ClN3O2S. The van der Waals surface area contributed by atoms with Gasteiger partial charge < -0.3 is 10.5 Å². The van der Waals surface area contributed by atoms with Crippen LogP contribution in [-0.4, -0.2) is 22.2 Å². The molecule has 0 bridgehead atoms. The molecule has 104 valence electrons. The van der Waals surface area contributed by atoms with Crippen molar-refractivity contribution in [3.8, 4) is 0 Å². The number of benzene rings is 1. The summed E-state index contributed by atoms with van der Waals surface area (Å²) in [6.45, 7) is 0. The number of carbonyl (C=O) groups is 1. The number of carbonyl (C=O) groups excluding carboxylic acids is 1. The average molecular weight is 310 g/mol. The summed E-state index contributed by atoms with van der Waals surface area (Å²) >= 11 is 7.26. The zero-order valence-corrected chi connectivity index (χ0v) is 12.1. The first-order chi connectivity index (χ1) is 9.60. The first-order valence-electron chi connectivity index (χ1n) is 5.66. The molecule has 0 saturated carbocycles. The Morgan fingerprint density at radius 3 is 2.85 bits per heavy atom. The third-order valence-corrected chi connectivity index (χ3v) is 3.53. The molecule has 0 unspecified atom stereocenters. The molecule has 2 N–H and O–H groups in total. The molecule has 20 heavy (non-hydrogen) atoms. The van der Waals surface area contributed by atoms with Crippen molar-refractivity contribution in [1.82, 2.24) is 4.73 Å². The minimum absolute atomic E-state index is 0.0727. The molecule has 2 aromatic rings. The van der Waals surface area contributed by atoms with Crippen LogP contribution < -0.4 is 10.7 Å². The first-order valence-corrected chi connectivity index (χ1v) is 7.26. The van der Waals surface area contributed by atoms with Crippen LogP contribution in [0.1, 0.15) is 0 Å². The number of halogens is 1. The van der Waals surface area contributed by atoms with Crippen molar-refractivity contribution < 1.29 is 10.0 Å². The second kappa shape index (κ2) is 6.49. The van der Waals surface area contributed by atoms with Crippen molar-refractivity contribution in [3.05, 3.63) is 53.1 Å². The van der Waals surface area contributed by atoms with Crippen LogP contribution in [0.25, 0.3) is 0 Å². The molecule has 0 aliphatic carbocycles. The van der Waals surface area contributed by atoms with Crippen LogP contribution in [0.5, 0.6) is 0 Å². The topological polar surface area (TPSA) is 66.6 Å². The molecule has 0 spiro atoms. The van der Waals surface area contributed by atoms with Crippen LogP contribution in [0.2, 0.25) is 5.15 Å². The molecule has 0 atom stereocenters. The van der Waals surface area contributed by atoms with Gasteiger partial charge in [0, 0.05) is 17.2 Å². The Kier molecular flexibility index (Phi) is 4.70. The third kappa shape index (κ3) is 3.55. The summed E-state index contributed by atoms with van der Waals surface area (Å²) in [5, 5.41) is 12.4. The lowest BCUT2D eigenvalue weighted by Gasteiger charge is -2.06. The molecule has 1 aromatic heterocycles. The van der Waals surface area contributed by atoms with E-state index in [1.807, 2.05) is 24.5 Å². The van der Waals surface area contributed by atoms with Gasteiger partial charge in [0.05, 0.1) is 11.0 Å². The highest BCUT2D eigenvalue weighted by Gasteiger charge is 2.04. The van der Waals surface area contributed by atoms with Gasteiger partial charge in [0.2, 0.25) is 0 Å². The largest absolute Gasteiger partial charge is 0.428 e. The van der Waals surface area contributed by atoms with E-state index in [0.29, 0.717) is 11.0 Å². The zero-order valence-electron chi connectivity index (χ0n) is 10.6. The highest BCUT2D eigenvalue weighted by atomic mass is 35.5. The Morgan fingerprint density at radius 2 is 2.15 bits per heavy atom. The molecule has 1 heterocycles. The number of nitrogens with zero attached hydrogens (tertiary/aromatic N) is 2. The molecule has 5 nitrogen and oxygen atoms in total. The number of amides is 2. The minimum atomic E-state index is -0.502. The van der Waals surface area contributed by atoms with E-state index in [0.717, 1.165) is 9.63 Å². The summed E-state index contributed by atoms with van der Waals surface area (Å²) in [4.78, 5) is 16.7. The normalized spacial score (nSPS) is 11.4. The monoisotopic (exact) mass is 309 g/mol. The van der Waals surface area contributed by atoms with E-state index in [1.165, 1.54) is 30.1 Å². The lowest BCUT2D eigenvalue weighted by Crippen LogP contribution is -2.14. The minimum Gasteiger partial charge on any atom is -0.428 e.